The van der Waals surface area contributed by atoms with Crippen LogP contribution in [0, 0.1) is 11.7 Å². The molecular formula is C33H55FN6O3. The molecule has 2 aromatic rings. The minimum atomic E-state index is -0.462. The van der Waals surface area contributed by atoms with Crippen LogP contribution in [-0.2, 0) is 11.3 Å². The summed E-state index contributed by atoms with van der Waals surface area (Å²) >= 11 is 0. The number of ether oxygens (including phenoxy) is 1. The van der Waals surface area contributed by atoms with E-state index >= 15 is 0 Å². The number of amides is 2. The van der Waals surface area contributed by atoms with E-state index in [1.807, 2.05) is 60.3 Å². The maximum Gasteiger partial charge on any atom is 0.257 e. The quantitative estimate of drug-likeness (QED) is 0.393. The maximum atomic E-state index is 13.9. The second-order valence-corrected chi connectivity index (χ2v) is 9.76. The molecule has 2 saturated heterocycles. The molecule has 2 amide bonds. The molecule has 0 unspecified atom stereocenters. The Hall–Kier alpha value is -3.27. The van der Waals surface area contributed by atoms with Crippen LogP contribution >= 0.6 is 0 Å². The van der Waals surface area contributed by atoms with E-state index in [1.54, 1.807) is 17.3 Å². The second-order valence-electron chi connectivity index (χ2n) is 9.76. The molecule has 0 aliphatic carbocycles. The minimum absolute atomic E-state index is 0.0341. The number of rotatable bonds is 8. The van der Waals surface area contributed by atoms with Crippen molar-refractivity contribution in [1.29, 1.82) is 0 Å². The molecule has 2 aliphatic heterocycles. The predicted octanol–water partition coefficient (Wildman–Crippen LogP) is 6.04. The summed E-state index contributed by atoms with van der Waals surface area (Å²) < 4.78 is 20.1. The highest BCUT2D eigenvalue weighted by molar-refractivity contribution is 5.97. The van der Waals surface area contributed by atoms with Gasteiger partial charge in [-0.25, -0.2) is 14.4 Å². The SMILES string of the molecule is CC.CC.CC.CCN(CC)C(=O)c1cc(F)ccc1OC1CCN(C(=O)C2CCN(Cc3cnc(N)nc3)CC2)CC1. The van der Waals surface area contributed by atoms with Gasteiger partial charge in [-0.3, -0.25) is 14.5 Å². The third-order valence-electron chi connectivity index (χ3n) is 7.34. The number of hydrogen-bond acceptors (Lipinski definition) is 7. The summed E-state index contributed by atoms with van der Waals surface area (Å²) in [4.78, 5) is 40.1. The standard InChI is InChI=1S/C27H37FN6O3.3C2H6/c1-3-33(4-2)26(36)23-15-21(28)5-6-24(23)37-22-9-13-34(14-10-22)25(35)20-7-11-32(12-8-20)18-19-16-30-27(29)31-17-19;3*1-2/h5-6,15-17,20,22H,3-4,7-14,18H2,1-2H3,(H2,29,30,31);3*1-2H3. The molecule has 4 rings (SSSR count). The highest BCUT2D eigenvalue weighted by Crippen LogP contribution is 2.27. The molecule has 10 heteroatoms. The molecule has 2 N–H and O–H groups in total. The molecule has 3 heterocycles. The van der Waals surface area contributed by atoms with Crippen molar-refractivity contribution in [2.24, 2.45) is 5.92 Å². The Bertz CT molecular complexity index is 1060. The van der Waals surface area contributed by atoms with Crippen molar-refractivity contribution in [2.45, 2.75) is 93.7 Å². The molecule has 0 atom stereocenters. The van der Waals surface area contributed by atoms with Gasteiger partial charge in [-0.15, -0.1) is 0 Å². The Labute approximate surface area is 259 Å². The van der Waals surface area contributed by atoms with E-state index < -0.39 is 5.82 Å². The normalized spacial score (nSPS) is 15.5. The van der Waals surface area contributed by atoms with Gasteiger partial charge in [0.1, 0.15) is 17.7 Å². The molecule has 2 aliphatic rings. The van der Waals surface area contributed by atoms with Crippen molar-refractivity contribution in [3.8, 4) is 5.75 Å². The molecule has 242 valence electrons. The molecular weight excluding hydrogens is 547 g/mol. The minimum Gasteiger partial charge on any atom is -0.489 e. The molecule has 1 aromatic carbocycles. The Morgan fingerprint density at radius 2 is 1.49 bits per heavy atom. The average molecular weight is 603 g/mol. The average Bonchev–Trinajstić information content (AvgIpc) is 3.06. The van der Waals surface area contributed by atoms with Gasteiger partial charge in [0.25, 0.3) is 5.91 Å². The van der Waals surface area contributed by atoms with Crippen LogP contribution in [0.2, 0.25) is 0 Å². The van der Waals surface area contributed by atoms with Gasteiger partial charge in [0.05, 0.1) is 5.56 Å². The lowest BCUT2D eigenvalue weighted by Crippen LogP contribution is -2.47. The zero-order valence-corrected chi connectivity index (χ0v) is 27.7. The number of carbonyl (C=O) groups is 2. The lowest BCUT2D eigenvalue weighted by Gasteiger charge is -2.37. The fraction of sp³-hybridized carbons (Fsp3) is 0.636. The van der Waals surface area contributed by atoms with Crippen LogP contribution in [0.5, 0.6) is 5.75 Å². The molecule has 2 fully saturated rings. The fourth-order valence-corrected chi connectivity index (χ4v) is 5.13. The van der Waals surface area contributed by atoms with E-state index in [4.69, 9.17) is 10.5 Å². The fourth-order valence-electron chi connectivity index (χ4n) is 5.13. The lowest BCUT2D eigenvalue weighted by molar-refractivity contribution is -0.139. The van der Waals surface area contributed by atoms with Gasteiger partial charge in [-0.2, -0.15) is 0 Å². The first-order valence-corrected chi connectivity index (χ1v) is 16.2. The molecule has 1 aromatic heterocycles. The third kappa shape index (κ3) is 11.4. The van der Waals surface area contributed by atoms with Crippen LogP contribution in [0.4, 0.5) is 10.3 Å². The first-order chi connectivity index (χ1) is 20.9. The molecule has 0 spiro atoms. The van der Waals surface area contributed by atoms with Crippen molar-refractivity contribution >= 4 is 17.8 Å². The highest BCUT2D eigenvalue weighted by atomic mass is 19.1. The summed E-state index contributed by atoms with van der Waals surface area (Å²) in [5.74, 6) is 0.230. The summed E-state index contributed by atoms with van der Waals surface area (Å²) in [5, 5.41) is 0. The number of benzene rings is 1. The first kappa shape index (κ1) is 37.8. The zero-order valence-electron chi connectivity index (χ0n) is 27.7. The van der Waals surface area contributed by atoms with E-state index in [-0.39, 0.29) is 35.3 Å². The first-order valence-electron chi connectivity index (χ1n) is 16.2. The molecule has 43 heavy (non-hydrogen) atoms. The van der Waals surface area contributed by atoms with E-state index in [9.17, 15) is 14.0 Å². The van der Waals surface area contributed by atoms with Gasteiger partial charge < -0.3 is 20.3 Å². The summed E-state index contributed by atoms with van der Waals surface area (Å²) in [6, 6.07) is 4.11. The van der Waals surface area contributed by atoms with Crippen LogP contribution in [0.25, 0.3) is 0 Å². The molecule has 9 nitrogen and oxygen atoms in total. The van der Waals surface area contributed by atoms with Gasteiger partial charge in [0, 0.05) is 69.4 Å². The lowest BCUT2D eigenvalue weighted by atomic mass is 9.94. The number of halogens is 1. The van der Waals surface area contributed by atoms with E-state index in [0.717, 1.165) is 38.0 Å². The molecule has 0 saturated carbocycles. The molecule has 0 bridgehead atoms. The second kappa shape index (κ2) is 20.6. The summed E-state index contributed by atoms with van der Waals surface area (Å²) in [5.41, 5.74) is 6.83. The van der Waals surface area contributed by atoms with Gasteiger partial charge in [-0.05, 0) is 58.0 Å². The number of carbonyl (C=O) groups excluding carboxylic acids is 2. The maximum absolute atomic E-state index is 13.9. The number of nitrogen functional groups attached to an aromatic ring is 1. The van der Waals surface area contributed by atoms with Crippen LogP contribution in [-0.4, -0.2) is 81.9 Å². The Morgan fingerprint density at radius 1 is 0.930 bits per heavy atom. The van der Waals surface area contributed by atoms with Gasteiger partial charge in [-0.1, -0.05) is 41.5 Å². The number of hydrogen-bond donors (Lipinski definition) is 1. The number of anilines is 1. The molecule has 0 radical (unpaired) electrons. The summed E-state index contributed by atoms with van der Waals surface area (Å²) in [6.07, 6.45) is 6.40. The van der Waals surface area contributed by atoms with Crippen molar-refractivity contribution < 1.29 is 18.7 Å². The van der Waals surface area contributed by atoms with Crippen LogP contribution in [0.1, 0.15) is 97.0 Å². The topological polar surface area (TPSA) is 105 Å². The predicted molar refractivity (Wildman–Crippen MR) is 172 cm³/mol. The number of nitrogens with two attached hydrogens (primary N) is 1. The van der Waals surface area contributed by atoms with Crippen LogP contribution < -0.4 is 10.5 Å². The monoisotopic (exact) mass is 602 g/mol. The van der Waals surface area contributed by atoms with E-state index in [0.29, 0.717) is 44.8 Å². The Kier molecular flexibility index (Phi) is 18.1. The van der Waals surface area contributed by atoms with Crippen molar-refractivity contribution in [3.05, 3.63) is 47.5 Å². The summed E-state index contributed by atoms with van der Waals surface area (Å²) in [7, 11) is 0. The number of aromatic nitrogens is 2. The number of piperidine rings is 2. The smallest absolute Gasteiger partial charge is 0.257 e. The third-order valence-corrected chi connectivity index (χ3v) is 7.34. The van der Waals surface area contributed by atoms with E-state index in [2.05, 4.69) is 14.9 Å². The van der Waals surface area contributed by atoms with Gasteiger partial charge in [0.15, 0.2) is 0 Å². The van der Waals surface area contributed by atoms with Crippen LogP contribution in [0.3, 0.4) is 0 Å². The van der Waals surface area contributed by atoms with Gasteiger partial charge >= 0.3 is 0 Å². The van der Waals surface area contributed by atoms with E-state index in [1.165, 1.54) is 18.2 Å². The van der Waals surface area contributed by atoms with Crippen molar-refractivity contribution in [3.63, 3.8) is 0 Å². The van der Waals surface area contributed by atoms with Crippen LogP contribution in [0.15, 0.2) is 30.6 Å². The highest BCUT2D eigenvalue weighted by Gasteiger charge is 2.32. The van der Waals surface area contributed by atoms with Gasteiger partial charge in [0.2, 0.25) is 11.9 Å². The van der Waals surface area contributed by atoms with Crippen molar-refractivity contribution in [1.82, 2.24) is 24.7 Å². The number of nitrogens with zero attached hydrogens (tertiary/aromatic N) is 5. The largest absolute Gasteiger partial charge is 0.489 e. The summed E-state index contributed by atoms with van der Waals surface area (Å²) in [6.45, 7) is 20.6. The Balaban J connectivity index is 0.00000145. The number of likely N-dealkylation sites (tertiary alicyclic amines) is 2. The Morgan fingerprint density at radius 3 is 2.02 bits per heavy atom. The van der Waals surface area contributed by atoms with Crippen molar-refractivity contribution in [2.75, 3.05) is 45.0 Å². The zero-order chi connectivity index (χ0) is 32.4.